The number of para-hydroxylation sites is 1. The quantitative estimate of drug-likeness (QED) is 0.487. The zero-order chi connectivity index (χ0) is 18.2. The van der Waals surface area contributed by atoms with Crippen LogP contribution < -0.4 is 10.1 Å². The molecule has 1 amide bonds. The van der Waals surface area contributed by atoms with Crippen molar-refractivity contribution in [3.8, 4) is 5.75 Å². The van der Waals surface area contributed by atoms with Crippen LogP contribution >= 0.6 is 0 Å². The number of methoxy groups -OCH3 is 1. The fraction of sp³-hybridized carbons (Fsp3) is 0.176. The van der Waals surface area contributed by atoms with E-state index < -0.39 is 28.6 Å². The number of nitro benzene ring substituents is 1. The molecule has 0 radical (unpaired) electrons. The minimum Gasteiger partial charge on any atom is -0.496 e. The van der Waals surface area contributed by atoms with E-state index in [2.05, 4.69) is 5.32 Å². The van der Waals surface area contributed by atoms with E-state index in [4.69, 9.17) is 4.74 Å². The van der Waals surface area contributed by atoms with Crippen LogP contribution in [-0.2, 0) is 10.4 Å². The van der Waals surface area contributed by atoms with Crippen LogP contribution in [0.2, 0.25) is 0 Å². The van der Waals surface area contributed by atoms with Gasteiger partial charge in [-0.3, -0.25) is 19.7 Å². The maximum absolute atomic E-state index is 12.6. The van der Waals surface area contributed by atoms with Crippen LogP contribution in [0.25, 0.3) is 0 Å². The molecule has 0 aliphatic carbocycles. The van der Waals surface area contributed by atoms with Gasteiger partial charge in [-0.1, -0.05) is 12.1 Å². The molecule has 0 fully saturated rings. The van der Waals surface area contributed by atoms with Crippen molar-refractivity contribution in [1.29, 1.82) is 0 Å². The number of anilines is 1. The molecule has 0 saturated heterocycles. The van der Waals surface area contributed by atoms with Gasteiger partial charge in [0.2, 0.25) is 0 Å². The number of hydrogen-bond acceptors (Lipinski definition) is 6. The Labute approximate surface area is 142 Å². The average Bonchev–Trinajstić information content (AvgIpc) is 2.85. The van der Waals surface area contributed by atoms with E-state index in [1.165, 1.54) is 25.3 Å². The lowest BCUT2D eigenvalue weighted by Gasteiger charge is -2.20. The number of ketones is 1. The first kappa shape index (κ1) is 16.6. The molecule has 1 aliphatic heterocycles. The number of aliphatic hydroxyl groups is 1. The van der Waals surface area contributed by atoms with Gasteiger partial charge in [0.25, 0.3) is 11.6 Å². The molecular formula is C17H14N2O6. The van der Waals surface area contributed by atoms with Gasteiger partial charge >= 0.3 is 0 Å². The zero-order valence-electron chi connectivity index (χ0n) is 13.2. The van der Waals surface area contributed by atoms with Gasteiger partial charge in [0, 0.05) is 23.4 Å². The second-order valence-electron chi connectivity index (χ2n) is 5.60. The van der Waals surface area contributed by atoms with Crippen LogP contribution in [0.5, 0.6) is 5.75 Å². The SMILES string of the molecule is COc1ccccc1C(=O)C[C@]1(O)C(=O)Nc2ccc([N+](=O)[O-])cc21. The molecule has 8 nitrogen and oxygen atoms in total. The lowest BCUT2D eigenvalue weighted by atomic mass is 9.87. The highest BCUT2D eigenvalue weighted by Crippen LogP contribution is 2.41. The lowest BCUT2D eigenvalue weighted by Crippen LogP contribution is -2.36. The van der Waals surface area contributed by atoms with E-state index in [-0.39, 0.29) is 22.5 Å². The van der Waals surface area contributed by atoms with Crippen molar-refractivity contribution < 1.29 is 24.4 Å². The summed E-state index contributed by atoms with van der Waals surface area (Å²) in [5, 5.41) is 24.2. The predicted molar refractivity (Wildman–Crippen MR) is 87.6 cm³/mol. The Hall–Kier alpha value is -3.26. The second kappa shape index (κ2) is 5.99. The fourth-order valence-corrected chi connectivity index (χ4v) is 2.82. The number of hydrogen-bond donors (Lipinski definition) is 2. The number of ether oxygens (including phenoxy) is 1. The van der Waals surface area contributed by atoms with Gasteiger partial charge in [0.05, 0.1) is 24.0 Å². The minimum absolute atomic E-state index is 0.00921. The van der Waals surface area contributed by atoms with Crippen molar-refractivity contribution in [1.82, 2.24) is 0 Å². The Bertz CT molecular complexity index is 894. The summed E-state index contributed by atoms with van der Waals surface area (Å²) in [7, 11) is 1.40. The van der Waals surface area contributed by atoms with Crippen LogP contribution in [0.4, 0.5) is 11.4 Å². The number of non-ortho nitro benzene ring substituents is 1. The molecule has 2 N–H and O–H groups in total. The van der Waals surface area contributed by atoms with Crippen LogP contribution in [0.15, 0.2) is 42.5 Å². The van der Waals surface area contributed by atoms with E-state index in [0.29, 0.717) is 5.75 Å². The highest BCUT2D eigenvalue weighted by molar-refractivity contribution is 6.10. The Morgan fingerprint density at radius 3 is 2.72 bits per heavy atom. The maximum Gasteiger partial charge on any atom is 0.269 e. The van der Waals surface area contributed by atoms with Gasteiger partial charge in [0.1, 0.15) is 5.75 Å². The standard InChI is InChI=1S/C17H14N2O6/c1-25-15-5-3-2-4-11(15)14(20)9-17(22)12-8-10(19(23)24)6-7-13(12)18-16(17)21/h2-8,22H,9H2,1H3,(H,18,21)/t17-/m1/s1. The molecule has 3 rings (SSSR count). The van der Waals surface area contributed by atoms with Crippen molar-refractivity contribution in [2.24, 2.45) is 0 Å². The van der Waals surface area contributed by atoms with Crippen molar-refractivity contribution >= 4 is 23.1 Å². The number of benzene rings is 2. The summed E-state index contributed by atoms with van der Waals surface area (Å²) in [5.41, 5.74) is -2.00. The number of nitrogens with one attached hydrogen (secondary N) is 1. The molecular weight excluding hydrogens is 328 g/mol. The zero-order valence-corrected chi connectivity index (χ0v) is 13.2. The van der Waals surface area contributed by atoms with Crippen LogP contribution in [0, 0.1) is 10.1 Å². The molecule has 1 aliphatic rings. The molecule has 1 atom stereocenters. The summed E-state index contributed by atoms with van der Waals surface area (Å²) in [4.78, 5) is 35.2. The smallest absolute Gasteiger partial charge is 0.269 e. The van der Waals surface area contributed by atoms with E-state index in [1.54, 1.807) is 18.2 Å². The Morgan fingerprint density at radius 1 is 1.32 bits per heavy atom. The highest BCUT2D eigenvalue weighted by Gasteiger charge is 2.47. The molecule has 0 spiro atoms. The third kappa shape index (κ3) is 2.72. The third-order valence-electron chi connectivity index (χ3n) is 4.11. The second-order valence-corrected chi connectivity index (χ2v) is 5.60. The largest absolute Gasteiger partial charge is 0.496 e. The summed E-state index contributed by atoms with van der Waals surface area (Å²) in [6.45, 7) is 0. The number of Topliss-reactive ketones (excluding diaryl/α,β-unsaturated/α-hetero) is 1. The Balaban J connectivity index is 2.00. The summed E-state index contributed by atoms with van der Waals surface area (Å²) >= 11 is 0. The van der Waals surface area contributed by atoms with E-state index in [1.807, 2.05) is 0 Å². The first-order chi connectivity index (χ1) is 11.9. The molecule has 1 heterocycles. The molecule has 128 valence electrons. The lowest BCUT2D eigenvalue weighted by molar-refractivity contribution is -0.385. The van der Waals surface area contributed by atoms with Gasteiger partial charge in [-0.05, 0) is 18.2 Å². The van der Waals surface area contributed by atoms with Gasteiger partial charge in [-0.25, -0.2) is 0 Å². The van der Waals surface area contributed by atoms with Crippen LogP contribution in [0.3, 0.4) is 0 Å². The molecule has 2 aromatic rings. The van der Waals surface area contributed by atoms with Gasteiger partial charge < -0.3 is 15.2 Å². The van der Waals surface area contributed by atoms with Gasteiger partial charge in [-0.15, -0.1) is 0 Å². The molecule has 0 bridgehead atoms. The Morgan fingerprint density at radius 2 is 2.04 bits per heavy atom. The van der Waals surface area contributed by atoms with E-state index in [9.17, 15) is 24.8 Å². The average molecular weight is 342 g/mol. The molecule has 2 aromatic carbocycles. The van der Waals surface area contributed by atoms with E-state index in [0.717, 1.165) is 6.07 Å². The number of fused-ring (bicyclic) bond motifs is 1. The molecule has 25 heavy (non-hydrogen) atoms. The van der Waals surface area contributed by atoms with Crippen molar-refractivity contribution in [2.45, 2.75) is 12.0 Å². The third-order valence-corrected chi connectivity index (χ3v) is 4.11. The van der Waals surface area contributed by atoms with E-state index >= 15 is 0 Å². The van der Waals surface area contributed by atoms with Gasteiger partial charge in [0.15, 0.2) is 11.4 Å². The first-order valence-electron chi connectivity index (χ1n) is 7.36. The van der Waals surface area contributed by atoms with Crippen molar-refractivity contribution in [3.63, 3.8) is 0 Å². The van der Waals surface area contributed by atoms with Crippen LogP contribution in [-0.4, -0.2) is 28.8 Å². The summed E-state index contributed by atoms with van der Waals surface area (Å²) < 4.78 is 5.12. The highest BCUT2D eigenvalue weighted by atomic mass is 16.6. The van der Waals surface area contributed by atoms with Gasteiger partial charge in [-0.2, -0.15) is 0 Å². The number of carbonyl (C=O) groups excluding carboxylic acids is 2. The molecule has 0 aromatic heterocycles. The molecule has 8 heteroatoms. The minimum atomic E-state index is -2.18. The topological polar surface area (TPSA) is 119 Å². The number of rotatable bonds is 5. The predicted octanol–water partition coefficient (Wildman–Crippen LogP) is 2.02. The monoisotopic (exact) mass is 342 g/mol. The fourth-order valence-electron chi connectivity index (χ4n) is 2.82. The number of nitro groups is 1. The number of nitrogens with zero attached hydrogens (tertiary/aromatic N) is 1. The Kier molecular flexibility index (Phi) is 3.97. The maximum atomic E-state index is 12.6. The summed E-state index contributed by atoms with van der Waals surface area (Å²) in [6, 6.07) is 10.1. The first-order valence-corrected chi connectivity index (χ1v) is 7.36. The van der Waals surface area contributed by atoms with Crippen molar-refractivity contribution in [2.75, 3.05) is 12.4 Å². The summed E-state index contributed by atoms with van der Waals surface area (Å²) in [6.07, 6.45) is -0.562. The summed E-state index contributed by atoms with van der Waals surface area (Å²) in [5.74, 6) is -1.01. The molecule has 0 unspecified atom stereocenters. The normalized spacial score (nSPS) is 18.4. The number of amides is 1. The number of carbonyl (C=O) groups is 2. The van der Waals surface area contributed by atoms with Crippen molar-refractivity contribution in [3.05, 3.63) is 63.7 Å². The molecule has 0 saturated carbocycles. The van der Waals surface area contributed by atoms with Crippen LogP contribution in [0.1, 0.15) is 22.3 Å².